The SMILES string of the molecule is CC1=C[C@H](C)[C@H](C(C)c2ccccc2)OC1. The third kappa shape index (κ3) is 2.35. The van der Waals surface area contributed by atoms with Crippen LogP contribution in [0.3, 0.4) is 0 Å². The predicted molar refractivity (Wildman–Crippen MR) is 67.5 cm³/mol. The largest absolute Gasteiger partial charge is 0.373 e. The van der Waals surface area contributed by atoms with Gasteiger partial charge in [0.15, 0.2) is 0 Å². The Kier molecular flexibility index (Phi) is 3.45. The normalized spacial score (nSPS) is 27.3. The molecule has 0 N–H and O–H groups in total. The van der Waals surface area contributed by atoms with Crippen LogP contribution in [-0.4, -0.2) is 12.7 Å². The summed E-state index contributed by atoms with van der Waals surface area (Å²) >= 11 is 0. The Morgan fingerprint density at radius 3 is 2.56 bits per heavy atom. The first kappa shape index (κ1) is 11.4. The Labute approximate surface area is 98.1 Å². The smallest absolute Gasteiger partial charge is 0.0705 e. The van der Waals surface area contributed by atoms with Crippen LogP contribution >= 0.6 is 0 Å². The Bertz CT molecular complexity index is 366. The molecule has 1 aliphatic rings. The molecule has 0 amide bonds. The van der Waals surface area contributed by atoms with E-state index in [0.29, 0.717) is 17.9 Å². The molecule has 0 saturated heterocycles. The third-order valence-electron chi connectivity index (χ3n) is 3.39. The van der Waals surface area contributed by atoms with Crippen LogP contribution in [0.1, 0.15) is 32.3 Å². The van der Waals surface area contributed by atoms with Gasteiger partial charge in [0.05, 0.1) is 12.7 Å². The summed E-state index contributed by atoms with van der Waals surface area (Å²) in [5, 5.41) is 0. The van der Waals surface area contributed by atoms with Crippen LogP contribution in [0.15, 0.2) is 42.0 Å². The van der Waals surface area contributed by atoms with E-state index in [2.05, 4.69) is 57.2 Å². The molecule has 1 aliphatic heterocycles. The van der Waals surface area contributed by atoms with Gasteiger partial charge in [-0.25, -0.2) is 0 Å². The standard InChI is InChI=1S/C15H20O/c1-11-9-12(2)15(16-10-11)13(3)14-7-5-4-6-8-14/h4-9,12-13,15H,10H2,1-3H3/t12-,13?,15+/m0/s1. The van der Waals surface area contributed by atoms with Crippen molar-refractivity contribution in [3.63, 3.8) is 0 Å². The van der Waals surface area contributed by atoms with Gasteiger partial charge in [0, 0.05) is 11.8 Å². The summed E-state index contributed by atoms with van der Waals surface area (Å²) in [7, 11) is 0. The monoisotopic (exact) mass is 216 g/mol. The molecule has 1 heterocycles. The Balaban J connectivity index is 2.14. The lowest BCUT2D eigenvalue weighted by Gasteiger charge is -2.32. The van der Waals surface area contributed by atoms with Crippen molar-refractivity contribution in [2.45, 2.75) is 32.8 Å². The number of ether oxygens (including phenoxy) is 1. The predicted octanol–water partition coefficient (Wildman–Crippen LogP) is 3.77. The van der Waals surface area contributed by atoms with Gasteiger partial charge in [-0.3, -0.25) is 0 Å². The highest BCUT2D eigenvalue weighted by Gasteiger charge is 2.27. The second-order valence-corrected chi connectivity index (χ2v) is 4.85. The molecule has 0 radical (unpaired) electrons. The van der Waals surface area contributed by atoms with E-state index >= 15 is 0 Å². The van der Waals surface area contributed by atoms with Crippen molar-refractivity contribution in [1.82, 2.24) is 0 Å². The van der Waals surface area contributed by atoms with Crippen LogP contribution in [-0.2, 0) is 4.74 Å². The molecule has 1 unspecified atom stereocenters. The van der Waals surface area contributed by atoms with Gasteiger partial charge in [-0.15, -0.1) is 0 Å². The molecule has 0 aromatic heterocycles. The summed E-state index contributed by atoms with van der Waals surface area (Å²) in [6.07, 6.45) is 2.65. The van der Waals surface area contributed by atoms with Crippen molar-refractivity contribution in [1.29, 1.82) is 0 Å². The summed E-state index contributed by atoms with van der Waals surface area (Å²) in [5.41, 5.74) is 2.72. The lowest BCUT2D eigenvalue weighted by Crippen LogP contribution is -2.30. The molecular weight excluding hydrogens is 196 g/mol. The second kappa shape index (κ2) is 4.84. The number of rotatable bonds is 2. The van der Waals surface area contributed by atoms with Gasteiger partial charge < -0.3 is 4.74 Å². The Hall–Kier alpha value is -1.08. The van der Waals surface area contributed by atoms with E-state index < -0.39 is 0 Å². The second-order valence-electron chi connectivity index (χ2n) is 4.85. The van der Waals surface area contributed by atoms with E-state index in [9.17, 15) is 0 Å². The molecule has 0 bridgehead atoms. The first-order chi connectivity index (χ1) is 7.68. The minimum atomic E-state index is 0.311. The fourth-order valence-corrected chi connectivity index (χ4v) is 2.52. The lowest BCUT2D eigenvalue weighted by atomic mass is 9.86. The topological polar surface area (TPSA) is 9.23 Å². The van der Waals surface area contributed by atoms with Crippen molar-refractivity contribution >= 4 is 0 Å². The van der Waals surface area contributed by atoms with Gasteiger partial charge in [-0.2, -0.15) is 0 Å². The fraction of sp³-hybridized carbons (Fsp3) is 0.467. The van der Waals surface area contributed by atoms with Crippen molar-refractivity contribution in [2.24, 2.45) is 5.92 Å². The van der Waals surface area contributed by atoms with Crippen LogP contribution in [0.4, 0.5) is 0 Å². The van der Waals surface area contributed by atoms with Crippen molar-refractivity contribution in [3.05, 3.63) is 47.5 Å². The van der Waals surface area contributed by atoms with Gasteiger partial charge >= 0.3 is 0 Å². The number of benzene rings is 1. The molecule has 1 heteroatoms. The summed E-state index contributed by atoms with van der Waals surface area (Å²) in [4.78, 5) is 0. The first-order valence-electron chi connectivity index (χ1n) is 6.02. The summed E-state index contributed by atoms with van der Waals surface area (Å²) in [5.74, 6) is 0.963. The van der Waals surface area contributed by atoms with E-state index in [-0.39, 0.29) is 0 Å². The molecule has 1 nitrogen and oxygen atoms in total. The fourth-order valence-electron chi connectivity index (χ4n) is 2.52. The maximum absolute atomic E-state index is 5.95. The van der Waals surface area contributed by atoms with Gasteiger partial charge in [0.25, 0.3) is 0 Å². The van der Waals surface area contributed by atoms with E-state index in [1.165, 1.54) is 11.1 Å². The van der Waals surface area contributed by atoms with Crippen LogP contribution in [0.5, 0.6) is 0 Å². The van der Waals surface area contributed by atoms with E-state index in [1.807, 2.05) is 0 Å². The zero-order valence-corrected chi connectivity index (χ0v) is 10.3. The van der Waals surface area contributed by atoms with Gasteiger partial charge in [-0.1, -0.05) is 55.8 Å². The molecule has 0 aliphatic carbocycles. The van der Waals surface area contributed by atoms with Crippen LogP contribution in [0.25, 0.3) is 0 Å². The van der Waals surface area contributed by atoms with E-state index in [4.69, 9.17) is 4.74 Å². The highest BCUT2D eigenvalue weighted by Crippen LogP contribution is 2.30. The summed E-state index contributed by atoms with van der Waals surface area (Å²) in [6.45, 7) is 7.42. The minimum absolute atomic E-state index is 0.311. The van der Waals surface area contributed by atoms with Crippen LogP contribution in [0, 0.1) is 5.92 Å². The quantitative estimate of drug-likeness (QED) is 0.684. The van der Waals surface area contributed by atoms with Gasteiger partial charge in [0.1, 0.15) is 0 Å². The lowest BCUT2D eigenvalue weighted by molar-refractivity contribution is 0.0171. The molecule has 16 heavy (non-hydrogen) atoms. The third-order valence-corrected chi connectivity index (χ3v) is 3.39. The highest BCUT2D eigenvalue weighted by atomic mass is 16.5. The summed E-state index contributed by atoms with van der Waals surface area (Å²) in [6, 6.07) is 10.6. The molecular formula is C15H20O. The molecule has 1 aromatic carbocycles. The van der Waals surface area contributed by atoms with Gasteiger partial charge in [0.2, 0.25) is 0 Å². The van der Waals surface area contributed by atoms with Crippen molar-refractivity contribution in [3.8, 4) is 0 Å². The zero-order valence-electron chi connectivity index (χ0n) is 10.3. The minimum Gasteiger partial charge on any atom is -0.373 e. The van der Waals surface area contributed by atoms with Crippen molar-refractivity contribution < 1.29 is 4.74 Å². The Morgan fingerprint density at radius 1 is 1.25 bits per heavy atom. The number of hydrogen-bond donors (Lipinski definition) is 0. The average molecular weight is 216 g/mol. The molecule has 2 rings (SSSR count). The molecule has 86 valence electrons. The molecule has 0 spiro atoms. The molecule has 1 aromatic rings. The maximum atomic E-state index is 5.95. The molecule has 0 saturated carbocycles. The van der Waals surface area contributed by atoms with Gasteiger partial charge in [-0.05, 0) is 12.5 Å². The van der Waals surface area contributed by atoms with Crippen LogP contribution in [0.2, 0.25) is 0 Å². The maximum Gasteiger partial charge on any atom is 0.0705 e. The first-order valence-corrected chi connectivity index (χ1v) is 6.02. The zero-order chi connectivity index (χ0) is 11.5. The summed E-state index contributed by atoms with van der Waals surface area (Å²) < 4.78 is 5.95. The van der Waals surface area contributed by atoms with E-state index in [0.717, 1.165) is 6.61 Å². The Morgan fingerprint density at radius 2 is 1.94 bits per heavy atom. The average Bonchev–Trinajstić information content (AvgIpc) is 2.29. The van der Waals surface area contributed by atoms with Crippen molar-refractivity contribution in [2.75, 3.05) is 6.61 Å². The van der Waals surface area contributed by atoms with Crippen LogP contribution < -0.4 is 0 Å². The molecule has 3 atom stereocenters. The van der Waals surface area contributed by atoms with E-state index in [1.54, 1.807) is 0 Å². The molecule has 0 fully saturated rings. The highest BCUT2D eigenvalue weighted by molar-refractivity contribution is 5.21. The number of hydrogen-bond acceptors (Lipinski definition) is 1.